The van der Waals surface area contributed by atoms with Gasteiger partial charge in [0.25, 0.3) is 0 Å². The third kappa shape index (κ3) is 4.01. The highest BCUT2D eigenvalue weighted by Gasteiger charge is 2.32. The highest BCUT2D eigenvalue weighted by molar-refractivity contribution is 5.90. The molecule has 2 aromatic heterocycles. The first-order valence-electron chi connectivity index (χ1n) is 11.6. The summed E-state index contributed by atoms with van der Waals surface area (Å²) in [5.74, 6) is 1.49. The Morgan fingerprint density at radius 3 is 2.87 bits per heavy atom. The van der Waals surface area contributed by atoms with Crippen LogP contribution >= 0.6 is 0 Å². The molecule has 3 aromatic rings. The van der Waals surface area contributed by atoms with Gasteiger partial charge in [-0.3, -0.25) is 10.1 Å². The van der Waals surface area contributed by atoms with Crippen molar-refractivity contribution in [1.82, 2.24) is 20.4 Å². The molecule has 0 radical (unpaired) electrons. The lowest BCUT2D eigenvalue weighted by Crippen LogP contribution is -2.51. The van der Waals surface area contributed by atoms with Crippen molar-refractivity contribution in [3.63, 3.8) is 0 Å². The highest BCUT2D eigenvalue weighted by Crippen LogP contribution is 2.36. The lowest BCUT2D eigenvalue weighted by Gasteiger charge is -2.30. The Morgan fingerprint density at radius 1 is 1.35 bits per heavy atom. The molecule has 0 saturated heterocycles. The molecule has 6 nitrogen and oxygen atoms in total. The average molecular weight is 421 g/mol. The fourth-order valence-corrected chi connectivity index (χ4v) is 5.01. The van der Waals surface area contributed by atoms with Gasteiger partial charge >= 0.3 is 0 Å². The van der Waals surface area contributed by atoms with Crippen LogP contribution in [-0.4, -0.2) is 27.7 Å². The van der Waals surface area contributed by atoms with Crippen LogP contribution in [0, 0.1) is 12.8 Å². The first-order chi connectivity index (χ1) is 15.0. The highest BCUT2D eigenvalue weighted by atomic mass is 16.5. The summed E-state index contributed by atoms with van der Waals surface area (Å²) >= 11 is 0. The summed E-state index contributed by atoms with van der Waals surface area (Å²) in [5, 5.41) is 12.5. The Bertz CT molecular complexity index is 1090. The minimum absolute atomic E-state index is 0.138. The molecular weight excluding hydrogens is 388 g/mol. The maximum Gasteiger partial charge on any atom is 0.237 e. The van der Waals surface area contributed by atoms with E-state index < -0.39 is 0 Å². The molecule has 2 unspecified atom stereocenters. The van der Waals surface area contributed by atoms with Crippen LogP contribution in [0.5, 0.6) is 0 Å². The number of carbonyl (C=O) groups excluding carboxylic acids is 1. The molecular formula is C25H32N4O2. The summed E-state index contributed by atoms with van der Waals surface area (Å²) in [6.07, 6.45) is 7.33. The zero-order chi connectivity index (χ0) is 21.5. The van der Waals surface area contributed by atoms with Crippen molar-refractivity contribution in [3.05, 3.63) is 53.0 Å². The zero-order valence-electron chi connectivity index (χ0n) is 18.6. The summed E-state index contributed by atoms with van der Waals surface area (Å²) in [7, 11) is 0. The van der Waals surface area contributed by atoms with Crippen molar-refractivity contribution >= 4 is 16.8 Å². The predicted molar refractivity (Wildman–Crippen MR) is 121 cm³/mol. The maximum atomic E-state index is 13.2. The molecule has 3 heterocycles. The van der Waals surface area contributed by atoms with Crippen molar-refractivity contribution in [2.75, 3.05) is 0 Å². The van der Waals surface area contributed by atoms with E-state index in [4.69, 9.17) is 4.52 Å². The Labute approximate surface area is 183 Å². The van der Waals surface area contributed by atoms with Gasteiger partial charge in [-0.15, -0.1) is 0 Å². The van der Waals surface area contributed by atoms with Gasteiger partial charge in [-0.05, 0) is 62.1 Å². The molecule has 2 N–H and O–H groups in total. The molecule has 5 rings (SSSR count). The molecule has 1 amide bonds. The van der Waals surface area contributed by atoms with E-state index in [0.29, 0.717) is 24.9 Å². The number of rotatable bonds is 6. The van der Waals surface area contributed by atoms with Gasteiger partial charge in [-0.1, -0.05) is 31.1 Å². The number of amides is 1. The SMILES string of the molecule is Cc1cc(Cn2cc3c4c(cccc42)C(CC(C)C)NC(C(=O)NC2CCC2)C3)no1. The number of benzene rings is 1. The molecule has 164 valence electrons. The van der Waals surface area contributed by atoms with E-state index in [-0.39, 0.29) is 18.0 Å². The van der Waals surface area contributed by atoms with Crippen LogP contribution in [0.3, 0.4) is 0 Å². The molecule has 0 bridgehead atoms. The first-order valence-corrected chi connectivity index (χ1v) is 11.6. The van der Waals surface area contributed by atoms with E-state index in [0.717, 1.165) is 30.7 Å². The van der Waals surface area contributed by atoms with Gasteiger partial charge in [0.2, 0.25) is 5.91 Å². The molecule has 1 saturated carbocycles. The van der Waals surface area contributed by atoms with E-state index in [9.17, 15) is 4.79 Å². The van der Waals surface area contributed by atoms with Crippen molar-refractivity contribution in [2.45, 2.75) is 77.5 Å². The maximum absolute atomic E-state index is 13.2. The van der Waals surface area contributed by atoms with E-state index in [1.54, 1.807) is 0 Å². The van der Waals surface area contributed by atoms with Gasteiger partial charge in [0.05, 0.1) is 12.6 Å². The van der Waals surface area contributed by atoms with Gasteiger partial charge in [0, 0.05) is 35.2 Å². The summed E-state index contributed by atoms with van der Waals surface area (Å²) in [6.45, 7) is 7.07. The van der Waals surface area contributed by atoms with Crippen LogP contribution in [0.4, 0.5) is 0 Å². The summed E-state index contributed by atoms with van der Waals surface area (Å²) in [5.41, 5.74) is 4.65. The quantitative estimate of drug-likeness (QED) is 0.625. The molecule has 1 aromatic carbocycles. The van der Waals surface area contributed by atoms with Crippen LogP contribution < -0.4 is 10.6 Å². The number of nitrogens with one attached hydrogen (secondary N) is 2. The Balaban J connectivity index is 1.53. The smallest absolute Gasteiger partial charge is 0.237 e. The first kappa shape index (κ1) is 20.3. The standard InChI is InChI=1S/C25H32N4O2/c1-15(2)10-21-20-8-5-9-23-24(20)17(13-29(23)14-19-11-16(3)31-28-19)12-22(27-21)25(30)26-18-6-4-7-18/h5,8-9,11,13,15,18,21-22,27H,4,6-7,10,12,14H2,1-3H3,(H,26,30). The molecule has 1 fully saturated rings. The van der Waals surface area contributed by atoms with E-state index >= 15 is 0 Å². The predicted octanol–water partition coefficient (Wildman–Crippen LogP) is 4.26. The van der Waals surface area contributed by atoms with E-state index in [2.05, 4.69) is 58.6 Å². The average Bonchev–Trinajstić information content (AvgIpc) is 3.22. The number of aromatic nitrogens is 2. The molecule has 2 atom stereocenters. The topological polar surface area (TPSA) is 72.1 Å². The fourth-order valence-electron chi connectivity index (χ4n) is 5.01. The van der Waals surface area contributed by atoms with E-state index in [1.807, 2.05) is 13.0 Å². The Kier molecular flexibility index (Phi) is 5.34. The second-order valence-electron chi connectivity index (χ2n) is 9.69. The lowest BCUT2D eigenvalue weighted by molar-refractivity contribution is -0.124. The molecule has 2 aliphatic rings. The summed E-state index contributed by atoms with van der Waals surface area (Å²) in [6, 6.07) is 8.81. The Hall–Kier alpha value is -2.60. The third-order valence-corrected chi connectivity index (χ3v) is 6.70. The van der Waals surface area contributed by atoms with Crippen LogP contribution in [0.15, 0.2) is 35.0 Å². The van der Waals surface area contributed by atoms with Crippen molar-refractivity contribution in [1.29, 1.82) is 0 Å². The summed E-state index contributed by atoms with van der Waals surface area (Å²) in [4.78, 5) is 13.2. The van der Waals surface area contributed by atoms with Crippen LogP contribution in [0.1, 0.15) is 68.2 Å². The largest absolute Gasteiger partial charge is 0.361 e. The van der Waals surface area contributed by atoms with Gasteiger partial charge in [0.1, 0.15) is 11.5 Å². The minimum atomic E-state index is -0.218. The number of aryl methyl sites for hydroxylation is 1. The number of hydrogen-bond acceptors (Lipinski definition) is 4. The second-order valence-corrected chi connectivity index (χ2v) is 9.69. The number of nitrogens with zero attached hydrogens (tertiary/aromatic N) is 2. The third-order valence-electron chi connectivity index (χ3n) is 6.70. The second kappa shape index (κ2) is 8.15. The number of hydrogen-bond donors (Lipinski definition) is 2. The van der Waals surface area contributed by atoms with Crippen molar-refractivity contribution in [3.8, 4) is 0 Å². The number of carbonyl (C=O) groups is 1. The normalized spacial score (nSPS) is 21.3. The molecule has 31 heavy (non-hydrogen) atoms. The molecule has 0 spiro atoms. The zero-order valence-corrected chi connectivity index (χ0v) is 18.6. The fraction of sp³-hybridized carbons (Fsp3) is 0.520. The minimum Gasteiger partial charge on any atom is -0.361 e. The molecule has 6 heteroatoms. The lowest BCUT2D eigenvalue weighted by atomic mass is 9.92. The van der Waals surface area contributed by atoms with Gasteiger partial charge < -0.3 is 14.4 Å². The van der Waals surface area contributed by atoms with Gasteiger partial charge in [-0.2, -0.15) is 0 Å². The van der Waals surface area contributed by atoms with Gasteiger partial charge in [0.15, 0.2) is 0 Å². The van der Waals surface area contributed by atoms with Crippen molar-refractivity contribution < 1.29 is 9.32 Å². The monoisotopic (exact) mass is 420 g/mol. The van der Waals surface area contributed by atoms with E-state index in [1.165, 1.54) is 28.5 Å². The summed E-state index contributed by atoms with van der Waals surface area (Å²) < 4.78 is 7.53. The molecule has 1 aliphatic carbocycles. The van der Waals surface area contributed by atoms with Crippen LogP contribution in [-0.2, 0) is 17.8 Å². The Morgan fingerprint density at radius 2 is 2.19 bits per heavy atom. The van der Waals surface area contributed by atoms with Crippen LogP contribution in [0.25, 0.3) is 10.9 Å². The molecule has 1 aliphatic heterocycles. The van der Waals surface area contributed by atoms with Gasteiger partial charge in [-0.25, -0.2) is 0 Å². The van der Waals surface area contributed by atoms with Crippen molar-refractivity contribution in [2.24, 2.45) is 5.92 Å². The van der Waals surface area contributed by atoms with Crippen LogP contribution in [0.2, 0.25) is 0 Å².